The van der Waals surface area contributed by atoms with Crippen molar-refractivity contribution in [2.75, 3.05) is 0 Å². The van der Waals surface area contributed by atoms with Crippen molar-refractivity contribution in [2.45, 2.75) is 31.9 Å². The summed E-state index contributed by atoms with van der Waals surface area (Å²) in [6.45, 7) is 3.95. The molecule has 0 aromatic heterocycles. The molecule has 2 nitrogen and oxygen atoms in total. The Hall–Kier alpha value is -1.64. The molecule has 0 aliphatic heterocycles. The fraction of sp³-hybridized carbons (Fsp3) is 0.294. The third-order valence-electron chi connectivity index (χ3n) is 3.68. The molecule has 100 valence electrons. The van der Waals surface area contributed by atoms with E-state index in [2.05, 4.69) is 0 Å². The fourth-order valence-corrected chi connectivity index (χ4v) is 2.35. The van der Waals surface area contributed by atoms with Crippen LogP contribution < -0.4 is 5.73 Å². The van der Waals surface area contributed by atoms with Crippen molar-refractivity contribution in [3.05, 3.63) is 71.3 Å². The molecule has 0 radical (unpaired) electrons. The Morgan fingerprint density at radius 2 is 1.53 bits per heavy atom. The Kier molecular flexibility index (Phi) is 4.03. The second kappa shape index (κ2) is 5.55. The molecular weight excluding hydrogens is 234 g/mol. The van der Waals surface area contributed by atoms with Crippen LogP contribution in [0.1, 0.15) is 43.0 Å². The average Bonchev–Trinajstić information content (AvgIpc) is 2.47. The van der Waals surface area contributed by atoms with Crippen molar-refractivity contribution >= 4 is 0 Å². The van der Waals surface area contributed by atoms with Gasteiger partial charge in [-0.2, -0.15) is 0 Å². The van der Waals surface area contributed by atoms with Crippen molar-refractivity contribution in [2.24, 2.45) is 5.73 Å². The average molecular weight is 255 g/mol. The van der Waals surface area contributed by atoms with Crippen LogP contribution in [0.2, 0.25) is 0 Å². The Morgan fingerprint density at radius 3 is 2.00 bits per heavy atom. The largest absolute Gasteiger partial charge is 0.380 e. The van der Waals surface area contributed by atoms with Gasteiger partial charge in [-0.25, -0.2) is 0 Å². The van der Waals surface area contributed by atoms with E-state index in [1.165, 1.54) is 0 Å². The van der Waals surface area contributed by atoms with Crippen molar-refractivity contribution in [3.63, 3.8) is 0 Å². The van der Waals surface area contributed by atoms with Crippen molar-refractivity contribution in [1.82, 2.24) is 0 Å². The van der Waals surface area contributed by atoms with Gasteiger partial charge >= 0.3 is 0 Å². The van der Waals surface area contributed by atoms with Gasteiger partial charge in [-0.3, -0.25) is 0 Å². The van der Waals surface area contributed by atoms with Gasteiger partial charge in [-0.05, 0) is 30.0 Å². The predicted octanol–water partition coefficient (Wildman–Crippen LogP) is 3.35. The zero-order chi connectivity index (χ0) is 13.9. The van der Waals surface area contributed by atoms with Crippen LogP contribution in [0.4, 0.5) is 0 Å². The van der Waals surface area contributed by atoms with Gasteiger partial charge in [0.25, 0.3) is 0 Å². The normalized spacial score (nSPS) is 15.8. The summed E-state index contributed by atoms with van der Waals surface area (Å²) in [6.07, 6.45) is 0.633. The molecule has 0 amide bonds. The summed E-state index contributed by atoms with van der Waals surface area (Å²) < 4.78 is 0. The lowest BCUT2D eigenvalue weighted by molar-refractivity contribution is 0.0765. The van der Waals surface area contributed by atoms with Gasteiger partial charge in [0, 0.05) is 6.04 Å². The van der Waals surface area contributed by atoms with Crippen LogP contribution in [0.15, 0.2) is 54.6 Å². The van der Waals surface area contributed by atoms with E-state index in [0.717, 1.165) is 16.7 Å². The number of benzene rings is 2. The smallest absolute Gasteiger partial charge is 0.114 e. The molecule has 3 N–H and O–H groups in total. The lowest BCUT2D eigenvalue weighted by Gasteiger charge is -2.28. The van der Waals surface area contributed by atoms with Crippen molar-refractivity contribution in [3.8, 4) is 0 Å². The van der Waals surface area contributed by atoms with E-state index in [1.807, 2.05) is 68.4 Å². The molecule has 0 aliphatic rings. The Balaban J connectivity index is 2.41. The van der Waals surface area contributed by atoms with Crippen LogP contribution >= 0.6 is 0 Å². The van der Waals surface area contributed by atoms with Gasteiger partial charge in [0.15, 0.2) is 0 Å². The SMILES string of the molecule is CCC(O)(c1ccccc1)c1ccc(C(C)N)cc1. The molecule has 2 rings (SSSR count). The molecule has 0 fully saturated rings. The highest BCUT2D eigenvalue weighted by molar-refractivity contribution is 5.37. The van der Waals surface area contributed by atoms with Gasteiger partial charge in [-0.1, -0.05) is 61.5 Å². The highest BCUT2D eigenvalue weighted by Gasteiger charge is 2.29. The van der Waals surface area contributed by atoms with Crippen LogP contribution in [-0.2, 0) is 5.60 Å². The summed E-state index contributed by atoms with van der Waals surface area (Å²) in [5, 5.41) is 11.0. The highest BCUT2D eigenvalue weighted by Crippen LogP contribution is 2.33. The maximum atomic E-state index is 11.0. The Bertz CT molecular complexity index is 519. The number of hydrogen-bond donors (Lipinski definition) is 2. The summed E-state index contributed by atoms with van der Waals surface area (Å²) in [5.41, 5.74) is 7.83. The van der Waals surface area contributed by atoms with Crippen LogP contribution in [0, 0.1) is 0 Å². The molecule has 2 aromatic rings. The Labute approximate surface area is 114 Å². The predicted molar refractivity (Wildman–Crippen MR) is 78.8 cm³/mol. The summed E-state index contributed by atoms with van der Waals surface area (Å²) in [6, 6.07) is 17.7. The molecule has 0 saturated carbocycles. The molecule has 0 spiro atoms. The second-order valence-electron chi connectivity index (χ2n) is 4.99. The molecule has 2 atom stereocenters. The summed E-state index contributed by atoms with van der Waals surface area (Å²) in [4.78, 5) is 0. The minimum atomic E-state index is -0.933. The molecule has 19 heavy (non-hydrogen) atoms. The minimum Gasteiger partial charge on any atom is -0.380 e. The quantitative estimate of drug-likeness (QED) is 0.880. The van der Waals surface area contributed by atoms with E-state index in [9.17, 15) is 5.11 Å². The van der Waals surface area contributed by atoms with Gasteiger partial charge in [-0.15, -0.1) is 0 Å². The van der Waals surface area contributed by atoms with Gasteiger partial charge in [0.1, 0.15) is 5.60 Å². The lowest BCUT2D eigenvalue weighted by atomic mass is 9.83. The minimum absolute atomic E-state index is 0.0143. The standard InChI is InChI=1S/C17H21NO/c1-3-17(19,15-7-5-4-6-8-15)16-11-9-14(10-12-16)13(2)18/h4-13,19H,3,18H2,1-2H3. The fourth-order valence-electron chi connectivity index (χ4n) is 2.35. The van der Waals surface area contributed by atoms with Gasteiger partial charge in [0.2, 0.25) is 0 Å². The maximum absolute atomic E-state index is 11.0. The maximum Gasteiger partial charge on any atom is 0.114 e. The zero-order valence-corrected chi connectivity index (χ0v) is 11.5. The number of rotatable bonds is 4. The van der Waals surface area contributed by atoms with E-state index in [0.29, 0.717) is 6.42 Å². The second-order valence-corrected chi connectivity index (χ2v) is 4.99. The van der Waals surface area contributed by atoms with Crippen LogP contribution in [0.5, 0.6) is 0 Å². The van der Waals surface area contributed by atoms with Crippen molar-refractivity contribution in [1.29, 1.82) is 0 Å². The van der Waals surface area contributed by atoms with Gasteiger partial charge in [0.05, 0.1) is 0 Å². The first-order chi connectivity index (χ1) is 9.08. The van der Waals surface area contributed by atoms with E-state index in [4.69, 9.17) is 5.73 Å². The molecule has 2 unspecified atom stereocenters. The van der Waals surface area contributed by atoms with Crippen LogP contribution in [0.3, 0.4) is 0 Å². The molecule has 0 aliphatic carbocycles. The first-order valence-corrected chi connectivity index (χ1v) is 6.72. The van der Waals surface area contributed by atoms with E-state index in [1.54, 1.807) is 0 Å². The molecule has 2 aromatic carbocycles. The highest BCUT2D eigenvalue weighted by atomic mass is 16.3. The topological polar surface area (TPSA) is 46.2 Å². The number of hydrogen-bond acceptors (Lipinski definition) is 2. The first-order valence-electron chi connectivity index (χ1n) is 6.72. The van der Waals surface area contributed by atoms with E-state index in [-0.39, 0.29) is 6.04 Å². The van der Waals surface area contributed by atoms with Crippen LogP contribution in [-0.4, -0.2) is 5.11 Å². The summed E-state index contributed by atoms with van der Waals surface area (Å²) in [7, 11) is 0. The third-order valence-corrected chi connectivity index (χ3v) is 3.68. The van der Waals surface area contributed by atoms with Crippen LogP contribution in [0.25, 0.3) is 0 Å². The molecule has 0 bridgehead atoms. The van der Waals surface area contributed by atoms with E-state index < -0.39 is 5.60 Å². The Morgan fingerprint density at radius 1 is 1.00 bits per heavy atom. The first kappa shape index (κ1) is 13.8. The summed E-state index contributed by atoms with van der Waals surface area (Å²) in [5.74, 6) is 0. The molecule has 0 heterocycles. The zero-order valence-electron chi connectivity index (χ0n) is 11.5. The van der Waals surface area contributed by atoms with Crippen molar-refractivity contribution < 1.29 is 5.11 Å². The molecule has 2 heteroatoms. The molecule has 0 saturated heterocycles. The molecular formula is C17H21NO. The third kappa shape index (κ3) is 2.70. The number of nitrogens with two attached hydrogens (primary N) is 1. The van der Waals surface area contributed by atoms with Gasteiger partial charge < -0.3 is 10.8 Å². The number of aliphatic hydroxyl groups is 1. The monoisotopic (exact) mass is 255 g/mol. The lowest BCUT2D eigenvalue weighted by Crippen LogP contribution is -2.26. The van der Waals surface area contributed by atoms with E-state index >= 15 is 0 Å². The summed E-state index contributed by atoms with van der Waals surface area (Å²) >= 11 is 0.